The van der Waals surface area contributed by atoms with E-state index in [0.29, 0.717) is 22.7 Å². The zero-order valence-corrected chi connectivity index (χ0v) is 21.9. The van der Waals surface area contributed by atoms with Crippen LogP contribution in [0.1, 0.15) is 35.4 Å². The fourth-order valence-corrected chi connectivity index (χ4v) is 6.53. The number of hydrogen-bond donors (Lipinski definition) is 1. The zero-order valence-electron chi connectivity index (χ0n) is 20.3. The standard InChI is InChI=1S/C27H29ClN5OP/c1-32-11-10-20-18(15-32)12-19(13-22(20)17-8-9-17)30-27-29-14-23(28)26(31-27)33-16-25(35(2,3)34)21-6-4-5-7-24(21)33/h4-7,12-14,16-17H,8-11,15H2,1-3H3,(H,29,30,31). The molecule has 0 amide bonds. The second kappa shape index (κ2) is 8.48. The Labute approximate surface area is 210 Å². The van der Waals surface area contributed by atoms with E-state index in [-0.39, 0.29) is 0 Å². The van der Waals surface area contributed by atoms with Crippen molar-refractivity contribution in [3.05, 3.63) is 70.5 Å². The van der Waals surface area contributed by atoms with Crippen molar-refractivity contribution >= 4 is 46.6 Å². The molecule has 1 N–H and O–H groups in total. The number of hydrogen-bond acceptors (Lipinski definition) is 5. The monoisotopic (exact) mass is 505 g/mol. The Hall–Kier alpha value is -2.66. The van der Waals surface area contributed by atoms with Gasteiger partial charge in [-0.05, 0) is 80.4 Å². The molecule has 0 spiro atoms. The number of rotatable bonds is 5. The summed E-state index contributed by atoms with van der Waals surface area (Å²) >= 11 is 6.60. The largest absolute Gasteiger partial charge is 0.324 e. The maximum Gasteiger partial charge on any atom is 0.229 e. The highest BCUT2D eigenvalue weighted by atomic mass is 35.5. The molecule has 0 unspecified atom stereocenters. The van der Waals surface area contributed by atoms with E-state index >= 15 is 0 Å². The van der Waals surface area contributed by atoms with Crippen LogP contribution in [0.3, 0.4) is 0 Å². The Balaban J connectivity index is 1.41. The number of likely N-dealkylation sites (N-methyl/N-ethyl adjacent to an activating group) is 1. The van der Waals surface area contributed by atoms with Gasteiger partial charge >= 0.3 is 0 Å². The minimum atomic E-state index is -2.50. The summed E-state index contributed by atoms with van der Waals surface area (Å²) in [7, 11) is -0.321. The predicted molar refractivity (Wildman–Crippen MR) is 145 cm³/mol. The van der Waals surface area contributed by atoms with Crippen LogP contribution < -0.4 is 10.6 Å². The third-order valence-corrected chi connectivity index (χ3v) is 8.84. The molecular weight excluding hydrogens is 477 g/mol. The van der Waals surface area contributed by atoms with Crippen LogP contribution in [0.15, 0.2) is 48.8 Å². The van der Waals surface area contributed by atoms with Crippen LogP contribution in [0.4, 0.5) is 11.6 Å². The first-order valence-electron chi connectivity index (χ1n) is 12.1. The van der Waals surface area contributed by atoms with E-state index in [2.05, 4.69) is 34.4 Å². The van der Waals surface area contributed by atoms with E-state index < -0.39 is 7.14 Å². The number of anilines is 2. The van der Waals surface area contributed by atoms with Gasteiger partial charge in [0.1, 0.15) is 12.2 Å². The molecule has 6 rings (SSSR count). The minimum absolute atomic E-state index is 0.440. The lowest BCUT2D eigenvalue weighted by atomic mass is 9.91. The van der Waals surface area contributed by atoms with Gasteiger partial charge in [0.2, 0.25) is 5.95 Å². The fourth-order valence-electron chi connectivity index (χ4n) is 5.19. The Bertz CT molecular complexity index is 1500. The molecule has 180 valence electrons. The first kappa shape index (κ1) is 22.8. The van der Waals surface area contributed by atoms with Gasteiger partial charge in [0.15, 0.2) is 5.82 Å². The third-order valence-electron chi connectivity index (χ3n) is 7.06. The van der Waals surface area contributed by atoms with Crippen LogP contribution in [-0.2, 0) is 17.5 Å². The maximum atomic E-state index is 13.0. The molecule has 35 heavy (non-hydrogen) atoms. The van der Waals surface area contributed by atoms with Gasteiger partial charge in [-0.15, -0.1) is 0 Å². The highest BCUT2D eigenvalue weighted by Gasteiger charge is 2.29. The van der Waals surface area contributed by atoms with E-state index in [4.69, 9.17) is 16.6 Å². The molecule has 1 aliphatic heterocycles. The zero-order chi connectivity index (χ0) is 24.3. The molecule has 1 saturated carbocycles. The molecular formula is C27H29ClN5OP. The van der Waals surface area contributed by atoms with Crippen molar-refractivity contribution in [2.45, 2.75) is 31.7 Å². The quantitative estimate of drug-likeness (QED) is 0.340. The number of para-hydroxylation sites is 1. The fraction of sp³-hybridized carbons (Fsp3) is 0.333. The van der Waals surface area contributed by atoms with Gasteiger partial charge in [-0.1, -0.05) is 29.8 Å². The molecule has 1 aliphatic carbocycles. The lowest BCUT2D eigenvalue weighted by Gasteiger charge is -2.28. The van der Waals surface area contributed by atoms with Crippen LogP contribution in [0.25, 0.3) is 16.7 Å². The first-order valence-corrected chi connectivity index (χ1v) is 15.1. The summed E-state index contributed by atoms with van der Waals surface area (Å²) in [5.74, 6) is 1.74. The summed E-state index contributed by atoms with van der Waals surface area (Å²) in [5, 5.41) is 5.67. The summed E-state index contributed by atoms with van der Waals surface area (Å²) in [6.45, 7) is 5.65. The SMILES string of the molecule is CN1CCc2c(cc(Nc3ncc(Cl)c(-n4cc(P(C)(C)=O)c5ccccc54)n3)cc2C2CC2)C1. The highest BCUT2D eigenvalue weighted by Crippen LogP contribution is 2.45. The van der Waals surface area contributed by atoms with Crippen molar-refractivity contribution in [1.29, 1.82) is 0 Å². The molecule has 8 heteroatoms. The second-order valence-corrected chi connectivity index (χ2v) is 13.8. The van der Waals surface area contributed by atoms with Crippen molar-refractivity contribution in [2.75, 3.05) is 32.2 Å². The molecule has 0 bridgehead atoms. The van der Waals surface area contributed by atoms with Crippen molar-refractivity contribution < 1.29 is 4.57 Å². The molecule has 0 atom stereocenters. The van der Waals surface area contributed by atoms with E-state index in [1.54, 1.807) is 19.5 Å². The van der Waals surface area contributed by atoms with E-state index in [1.165, 1.54) is 29.5 Å². The minimum Gasteiger partial charge on any atom is -0.324 e. The molecule has 6 nitrogen and oxygen atoms in total. The van der Waals surface area contributed by atoms with Gasteiger partial charge < -0.3 is 14.8 Å². The summed E-state index contributed by atoms with van der Waals surface area (Å²) < 4.78 is 14.9. The summed E-state index contributed by atoms with van der Waals surface area (Å²) in [5.41, 5.74) is 6.34. The van der Waals surface area contributed by atoms with Gasteiger partial charge in [-0.2, -0.15) is 4.98 Å². The number of halogens is 1. The molecule has 0 saturated heterocycles. The lowest BCUT2D eigenvalue weighted by molar-refractivity contribution is 0.312. The van der Waals surface area contributed by atoms with Crippen molar-refractivity contribution in [3.8, 4) is 5.82 Å². The van der Waals surface area contributed by atoms with Gasteiger partial charge in [0.25, 0.3) is 0 Å². The molecule has 0 radical (unpaired) electrons. The second-order valence-electron chi connectivity index (χ2n) is 10.2. The van der Waals surface area contributed by atoms with Gasteiger partial charge in [-0.25, -0.2) is 4.98 Å². The van der Waals surface area contributed by atoms with Gasteiger partial charge in [0, 0.05) is 35.7 Å². The number of benzene rings is 2. The molecule has 2 aliphatic rings. The van der Waals surface area contributed by atoms with Crippen molar-refractivity contribution in [3.63, 3.8) is 0 Å². The molecule has 1 fully saturated rings. The molecule has 4 aromatic rings. The summed E-state index contributed by atoms with van der Waals surface area (Å²) in [6.07, 6.45) is 7.20. The number of nitrogens with one attached hydrogen (secondary N) is 1. The van der Waals surface area contributed by atoms with Crippen molar-refractivity contribution in [1.82, 2.24) is 19.4 Å². The van der Waals surface area contributed by atoms with E-state index in [9.17, 15) is 4.57 Å². The normalized spacial score (nSPS) is 16.5. The number of fused-ring (bicyclic) bond motifs is 2. The van der Waals surface area contributed by atoms with E-state index in [0.717, 1.165) is 41.4 Å². The molecule has 2 aromatic heterocycles. The Morgan fingerprint density at radius 1 is 1.17 bits per heavy atom. The highest BCUT2D eigenvalue weighted by molar-refractivity contribution is 7.70. The van der Waals surface area contributed by atoms with Crippen LogP contribution in [0.5, 0.6) is 0 Å². The molecule has 3 heterocycles. The van der Waals surface area contributed by atoms with Crippen LogP contribution in [0.2, 0.25) is 5.02 Å². The Morgan fingerprint density at radius 3 is 2.74 bits per heavy atom. The summed E-state index contributed by atoms with van der Waals surface area (Å²) in [4.78, 5) is 11.7. The number of aromatic nitrogens is 3. The lowest BCUT2D eigenvalue weighted by Crippen LogP contribution is -2.27. The first-order chi connectivity index (χ1) is 16.8. The van der Waals surface area contributed by atoms with Crippen LogP contribution >= 0.6 is 18.7 Å². The topological polar surface area (TPSA) is 63.1 Å². The van der Waals surface area contributed by atoms with Crippen LogP contribution in [0, 0.1) is 0 Å². The number of nitrogens with zero attached hydrogens (tertiary/aromatic N) is 4. The maximum absolute atomic E-state index is 13.0. The van der Waals surface area contributed by atoms with Crippen LogP contribution in [-0.4, -0.2) is 46.4 Å². The average molecular weight is 506 g/mol. The van der Waals surface area contributed by atoms with Gasteiger partial charge in [-0.3, -0.25) is 4.57 Å². The van der Waals surface area contributed by atoms with Gasteiger partial charge in [0.05, 0.1) is 11.7 Å². The summed E-state index contributed by atoms with van der Waals surface area (Å²) in [6, 6.07) is 12.5. The average Bonchev–Trinajstić information content (AvgIpc) is 3.59. The molecule has 2 aromatic carbocycles. The Kier molecular flexibility index (Phi) is 5.52. The third kappa shape index (κ3) is 4.29. The Morgan fingerprint density at radius 2 is 1.97 bits per heavy atom. The van der Waals surface area contributed by atoms with Crippen molar-refractivity contribution in [2.24, 2.45) is 0 Å². The smallest absolute Gasteiger partial charge is 0.229 e. The van der Waals surface area contributed by atoms with E-state index in [1.807, 2.05) is 35.0 Å². The predicted octanol–water partition coefficient (Wildman–Crippen LogP) is 5.93.